The summed E-state index contributed by atoms with van der Waals surface area (Å²) in [5.74, 6) is -0.976. The Morgan fingerprint density at radius 2 is 2.22 bits per heavy atom. The maximum absolute atomic E-state index is 14.0. The Morgan fingerprint density at radius 3 is 2.94 bits per heavy atom. The van der Waals surface area contributed by atoms with Crippen LogP contribution < -0.4 is 5.32 Å². The van der Waals surface area contributed by atoms with Crippen molar-refractivity contribution in [2.24, 2.45) is 0 Å². The van der Waals surface area contributed by atoms with Crippen molar-refractivity contribution in [3.63, 3.8) is 0 Å². The van der Waals surface area contributed by atoms with Gasteiger partial charge in [-0.05, 0) is 37.3 Å². The van der Waals surface area contributed by atoms with E-state index in [-0.39, 0.29) is 22.5 Å². The van der Waals surface area contributed by atoms with Crippen LogP contribution in [0.3, 0.4) is 0 Å². The molecule has 0 aliphatic heterocycles. The number of nitriles is 1. The normalized spacial score (nSPS) is 11.7. The van der Waals surface area contributed by atoms with Crippen LogP contribution in [0.5, 0.6) is 0 Å². The minimum absolute atomic E-state index is 0.0339. The predicted octanol–water partition coefficient (Wildman–Crippen LogP) is 4.55. The zero-order valence-electron chi connectivity index (χ0n) is 16.8. The Morgan fingerprint density at radius 1 is 1.38 bits per heavy atom. The van der Waals surface area contributed by atoms with Crippen LogP contribution in [0.4, 0.5) is 4.39 Å². The molecule has 1 N–H and O–H groups in total. The van der Waals surface area contributed by atoms with Crippen molar-refractivity contribution >= 4 is 28.8 Å². The van der Waals surface area contributed by atoms with Crippen LogP contribution in [-0.2, 0) is 6.54 Å². The number of carbonyl (C=O) groups is 1. The van der Waals surface area contributed by atoms with Crippen LogP contribution in [-0.4, -0.2) is 31.7 Å². The number of rotatable bonds is 6. The summed E-state index contributed by atoms with van der Waals surface area (Å²) in [6, 6.07) is 9.65. The Bertz CT molecular complexity index is 1290. The number of nitrogens with one attached hydrogen (secondary N) is 1. The van der Waals surface area contributed by atoms with Crippen LogP contribution >= 0.6 is 22.9 Å². The van der Waals surface area contributed by atoms with Gasteiger partial charge in [0.25, 0.3) is 5.91 Å². The van der Waals surface area contributed by atoms with E-state index < -0.39 is 5.82 Å². The first-order valence-electron chi connectivity index (χ1n) is 9.54. The molecule has 4 rings (SSSR count). The van der Waals surface area contributed by atoms with E-state index in [9.17, 15) is 9.18 Å². The zero-order valence-corrected chi connectivity index (χ0v) is 18.4. The summed E-state index contributed by atoms with van der Waals surface area (Å²) in [4.78, 5) is 21.0. The lowest BCUT2D eigenvalue weighted by atomic mass is 10.1. The maximum atomic E-state index is 14.0. The number of pyridine rings is 1. The third-order valence-electron chi connectivity index (χ3n) is 4.57. The van der Waals surface area contributed by atoms with Gasteiger partial charge >= 0.3 is 0 Å². The third-order valence-corrected chi connectivity index (χ3v) is 5.76. The minimum Gasteiger partial charge on any atom is -0.346 e. The number of hydrogen-bond donors (Lipinski definition) is 1. The molecule has 0 saturated carbocycles. The molecule has 0 radical (unpaired) electrons. The first-order valence-corrected chi connectivity index (χ1v) is 10.8. The van der Waals surface area contributed by atoms with E-state index >= 15 is 0 Å². The van der Waals surface area contributed by atoms with Crippen molar-refractivity contribution < 1.29 is 9.18 Å². The highest BCUT2D eigenvalue weighted by Gasteiger charge is 2.16. The minimum atomic E-state index is -0.695. The summed E-state index contributed by atoms with van der Waals surface area (Å²) in [6.45, 7) is 2.25. The van der Waals surface area contributed by atoms with E-state index in [4.69, 9.17) is 16.9 Å². The third kappa shape index (κ3) is 4.66. The molecular formula is C22H16ClFN6OS. The number of aromatic nitrogens is 4. The summed E-state index contributed by atoms with van der Waals surface area (Å²) >= 11 is 7.36. The molecule has 1 atom stereocenters. The van der Waals surface area contributed by atoms with Gasteiger partial charge in [-0.2, -0.15) is 10.4 Å². The van der Waals surface area contributed by atoms with E-state index in [1.165, 1.54) is 23.5 Å². The van der Waals surface area contributed by atoms with Gasteiger partial charge in [-0.15, -0.1) is 11.3 Å². The van der Waals surface area contributed by atoms with Crippen LogP contribution in [0.2, 0.25) is 5.02 Å². The molecule has 0 bridgehead atoms. The predicted molar refractivity (Wildman–Crippen MR) is 120 cm³/mol. The molecule has 1 amide bonds. The second-order valence-electron chi connectivity index (χ2n) is 7.00. The standard InChI is InChI=1S/C22H16ClFN6OS/c1-13(27-21(31)20-12-32-22(28-20)14-3-2-5-26-10-14)11-30-6-4-19(29-30)15-7-17(23)16(9-25)18(24)8-15/h2-8,10,12-13H,11H2,1H3,(H,27,31). The highest BCUT2D eigenvalue weighted by molar-refractivity contribution is 7.13. The topological polar surface area (TPSA) is 96.5 Å². The number of nitrogens with zero attached hydrogens (tertiary/aromatic N) is 5. The lowest BCUT2D eigenvalue weighted by Gasteiger charge is -2.13. The van der Waals surface area contributed by atoms with E-state index in [1.807, 2.05) is 19.1 Å². The highest BCUT2D eigenvalue weighted by atomic mass is 35.5. The fraction of sp³-hybridized carbons (Fsp3) is 0.136. The fourth-order valence-corrected chi connectivity index (χ4v) is 4.11. The number of benzene rings is 1. The lowest BCUT2D eigenvalue weighted by molar-refractivity contribution is 0.0931. The van der Waals surface area contributed by atoms with Crippen molar-refractivity contribution in [1.29, 1.82) is 5.26 Å². The van der Waals surface area contributed by atoms with Crippen molar-refractivity contribution in [3.8, 4) is 27.9 Å². The number of carbonyl (C=O) groups excluding carboxylic acids is 1. The monoisotopic (exact) mass is 466 g/mol. The summed E-state index contributed by atoms with van der Waals surface area (Å²) in [5.41, 5.74) is 1.97. The van der Waals surface area contributed by atoms with E-state index in [0.29, 0.717) is 23.5 Å². The first kappa shape index (κ1) is 21.6. The van der Waals surface area contributed by atoms with E-state index in [2.05, 4.69) is 20.4 Å². The average molecular weight is 467 g/mol. The van der Waals surface area contributed by atoms with Gasteiger partial charge in [0.15, 0.2) is 0 Å². The van der Waals surface area contributed by atoms with Gasteiger partial charge in [-0.3, -0.25) is 14.5 Å². The van der Waals surface area contributed by atoms with Gasteiger partial charge in [0.1, 0.15) is 28.2 Å². The molecule has 10 heteroatoms. The Balaban J connectivity index is 1.41. The number of thiazole rings is 1. The SMILES string of the molecule is CC(Cn1ccc(-c2cc(F)c(C#N)c(Cl)c2)n1)NC(=O)c1csc(-c2cccnc2)n1. The van der Waals surface area contributed by atoms with Gasteiger partial charge in [-0.1, -0.05) is 11.6 Å². The van der Waals surface area contributed by atoms with Crippen LogP contribution in [0.1, 0.15) is 23.0 Å². The zero-order chi connectivity index (χ0) is 22.7. The highest BCUT2D eigenvalue weighted by Crippen LogP contribution is 2.27. The molecule has 32 heavy (non-hydrogen) atoms. The maximum Gasteiger partial charge on any atom is 0.271 e. The molecule has 0 aliphatic rings. The Labute approximate surface area is 192 Å². The van der Waals surface area contributed by atoms with Crippen molar-refractivity contribution in [3.05, 3.63) is 76.4 Å². The van der Waals surface area contributed by atoms with Gasteiger partial charge < -0.3 is 5.32 Å². The van der Waals surface area contributed by atoms with Gasteiger partial charge in [-0.25, -0.2) is 9.37 Å². The molecule has 0 saturated heterocycles. The van der Waals surface area contributed by atoms with Gasteiger partial charge in [0.05, 0.1) is 17.3 Å². The Hall–Kier alpha value is -3.61. The Kier molecular flexibility index (Phi) is 6.25. The summed E-state index contributed by atoms with van der Waals surface area (Å²) in [6.07, 6.45) is 5.11. The molecule has 3 heterocycles. The smallest absolute Gasteiger partial charge is 0.271 e. The quantitative estimate of drug-likeness (QED) is 0.449. The number of halogens is 2. The van der Waals surface area contributed by atoms with E-state index in [1.54, 1.807) is 40.8 Å². The van der Waals surface area contributed by atoms with Gasteiger partial charge in [0.2, 0.25) is 0 Å². The van der Waals surface area contributed by atoms with Crippen molar-refractivity contribution in [1.82, 2.24) is 25.1 Å². The van der Waals surface area contributed by atoms with Crippen LogP contribution in [0, 0.1) is 17.1 Å². The van der Waals surface area contributed by atoms with Crippen LogP contribution in [0.15, 0.2) is 54.3 Å². The molecule has 0 fully saturated rings. The van der Waals surface area contributed by atoms with Crippen molar-refractivity contribution in [2.45, 2.75) is 19.5 Å². The summed E-state index contributed by atoms with van der Waals surface area (Å²) < 4.78 is 15.7. The summed E-state index contributed by atoms with van der Waals surface area (Å²) in [5, 5.41) is 18.7. The fourth-order valence-electron chi connectivity index (χ4n) is 3.07. The van der Waals surface area contributed by atoms with Gasteiger partial charge in [0, 0.05) is 41.1 Å². The number of amides is 1. The second kappa shape index (κ2) is 9.26. The largest absolute Gasteiger partial charge is 0.346 e. The molecule has 1 unspecified atom stereocenters. The molecule has 4 aromatic rings. The first-order chi connectivity index (χ1) is 15.4. The molecule has 0 spiro atoms. The van der Waals surface area contributed by atoms with Crippen LogP contribution in [0.25, 0.3) is 21.8 Å². The lowest BCUT2D eigenvalue weighted by Crippen LogP contribution is -2.36. The molecule has 3 aromatic heterocycles. The molecule has 0 aliphatic carbocycles. The average Bonchev–Trinajstić information content (AvgIpc) is 3.44. The second-order valence-corrected chi connectivity index (χ2v) is 8.27. The molecule has 1 aromatic carbocycles. The summed E-state index contributed by atoms with van der Waals surface area (Å²) in [7, 11) is 0. The number of hydrogen-bond acceptors (Lipinski definition) is 6. The molecule has 160 valence electrons. The molecule has 7 nitrogen and oxygen atoms in total. The van der Waals surface area contributed by atoms with E-state index in [0.717, 1.165) is 10.6 Å². The van der Waals surface area contributed by atoms with Crippen molar-refractivity contribution in [2.75, 3.05) is 0 Å². The molecular weight excluding hydrogens is 451 g/mol.